The van der Waals surface area contributed by atoms with Crippen LogP contribution in [0.5, 0.6) is 5.75 Å². The molecule has 3 aromatic rings. The molecular weight excluding hydrogens is 481 g/mol. The van der Waals surface area contributed by atoms with E-state index in [-0.39, 0.29) is 12.6 Å². The number of carbonyl (C=O) groups is 2. The normalized spacial score (nSPS) is 12.0. The van der Waals surface area contributed by atoms with Crippen LogP contribution in [0, 0.1) is 0 Å². The van der Waals surface area contributed by atoms with Crippen molar-refractivity contribution in [2.24, 2.45) is 0 Å². The van der Waals surface area contributed by atoms with Crippen LogP contribution in [0.25, 0.3) is 0 Å². The van der Waals surface area contributed by atoms with Crippen LogP contribution in [0.2, 0.25) is 0 Å². The third-order valence-electron chi connectivity index (χ3n) is 5.53. The molecule has 0 unspecified atom stereocenters. The monoisotopic (exact) mass is 511 g/mol. The van der Waals surface area contributed by atoms with Crippen LogP contribution >= 0.6 is 7.60 Å². The molecule has 0 saturated carbocycles. The van der Waals surface area contributed by atoms with Gasteiger partial charge in [-0.05, 0) is 41.0 Å². The SMILES string of the molecule is COC(=O)[C@@H](Cc1cccc(OCc2ccccc2)c1)NC(=O)c1ccc(CP(=O)(OC)OC)cc1. The molecule has 0 aliphatic rings. The fourth-order valence-corrected chi connectivity index (χ4v) is 4.57. The van der Waals surface area contributed by atoms with Gasteiger partial charge in [0, 0.05) is 26.2 Å². The van der Waals surface area contributed by atoms with Gasteiger partial charge in [-0.1, -0.05) is 54.6 Å². The van der Waals surface area contributed by atoms with Gasteiger partial charge < -0.3 is 23.8 Å². The number of hydrogen-bond acceptors (Lipinski definition) is 7. The molecule has 1 atom stereocenters. The van der Waals surface area contributed by atoms with Gasteiger partial charge in [-0.3, -0.25) is 9.36 Å². The minimum Gasteiger partial charge on any atom is -0.489 e. The van der Waals surface area contributed by atoms with Gasteiger partial charge in [0.05, 0.1) is 13.3 Å². The number of hydrogen-bond donors (Lipinski definition) is 1. The molecular formula is C27H30NO7P. The zero-order chi connectivity index (χ0) is 26.0. The lowest BCUT2D eigenvalue weighted by Crippen LogP contribution is -2.43. The Morgan fingerprint density at radius 2 is 1.50 bits per heavy atom. The standard InChI is InChI=1S/C27H30NO7P/c1-32-27(30)25(17-22-10-7-11-24(16-22)35-18-20-8-5-4-6-9-20)28-26(29)23-14-12-21(13-15-23)19-36(31,33-2)34-3/h4-16,25H,17-19H2,1-3H3,(H,28,29)/t25-/m1/s1. The average Bonchev–Trinajstić information content (AvgIpc) is 2.92. The Morgan fingerprint density at radius 3 is 2.14 bits per heavy atom. The summed E-state index contributed by atoms with van der Waals surface area (Å²) in [4.78, 5) is 25.3. The van der Waals surface area contributed by atoms with Crippen molar-refractivity contribution in [1.82, 2.24) is 5.32 Å². The van der Waals surface area contributed by atoms with E-state index in [9.17, 15) is 14.2 Å². The smallest absolute Gasteiger partial charge is 0.334 e. The van der Waals surface area contributed by atoms with E-state index < -0.39 is 25.5 Å². The van der Waals surface area contributed by atoms with Gasteiger partial charge in [0.2, 0.25) is 0 Å². The number of nitrogens with one attached hydrogen (secondary N) is 1. The van der Waals surface area contributed by atoms with Gasteiger partial charge in [-0.2, -0.15) is 0 Å². The molecule has 0 bridgehead atoms. The maximum absolute atomic E-state index is 12.9. The van der Waals surface area contributed by atoms with E-state index in [1.54, 1.807) is 24.3 Å². The van der Waals surface area contributed by atoms with Crippen molar-refractivity contribution in [3.63, 3.8) is 0 Å². The summed E-state index contributed by atoms with van der Waals surface area (Å²) in [6, 6.07) is 22.8. The van der Waals surface area contributed by atoms with Crippen molar-refractivity contribution in [2.45, 2.75) is 25.2 Å². The molecule has 36 heavy (non-hydrogen) atoms. The molecule has 0 heterocycles. The van der Waals surface area contributed by atoms with Crippen molar-refractivity contribution >= 4 is 19.5 Å². The van der Waals surface area contributed by atoms with Crippen molar-refractivity contribution in [3.05, 3.63) is 101 Å². The number of benzene rings is 3. The van der Waals surface area contributed by atoms with E-state index in [4.69, 9.17) is 18.5 Å². The molecule has 190 valence electrons. The third-order valence-corrected chi connectivity index (χ3v) is 7.39. The Bertz CT molecular complexity index is 1190. The molecule has 0 fully saturated rings. The van der Waals surface area contributed by atoms with Gasteiger partial charge in [0.25, 0.3) is 5.91 Å². The molecule has 9 heteroatoms. The van der Waals surface area contributed by atoms with Crippen LogP contribution < -0.4 is 10.1 Å². The molecule has 0 aliphatic heterocycles. The summed E-state index contributed by atoms with van der Waals surface area (Å²) in [5, 5.41) is 2.74. The van der Waals surface area contributed by atoms with Gasteiger partial charge in [-0.25, -0.2) is 4.79 Å². The first kappa shape index (κ1) is 27.1. The summed E-state index contributed by atoms with van der Waals surface area (Å²) in [6.07, 6.45) is 0.305. The van der Waals surface area contributed by atoms with Crippen LogP contribution in [0.3, 0.4) is 0 Å². The van der Waals surface area contributed by atoms with E-state index in [1.165, 1.54) is 21.3 Å². The predicted octanol–water partition coefficient (Wildman–Crippen LogP) is 4.77. The Hall–Kier alpha value is -3.45. The maximum Gasteiger partial charge on any atom is 0.334 e. The van der Waals surface area contributed by atoms with Crippen molar-refractivity contribution in [3.8, 4) is 5.75 Å². The number of rotatable bonds is 12. The Morgan fingerprint density at radius 1 is 0.833 bits per heavy atom. The summed E-state index contributed by atoms with van der Waals surface area (Å²) >= 11 is 0. The van der Waals surface area contributed by atoms with E-state index >= 15 is 0 Å². The summed E-state index contributed by atoms with van der Waals surface area (Å²) in [5.74, 6) is -0.335. The van der Waals surface area contributed by atoms with Crippen LogP contribution in [0.15, 0.2) is 78.9 Å². The van der Waals surface area contributed by atoms with Crippen LogP contribution in [-0.2, 0) is 42.3 Å². The summed E-state index contributed by atoms with van der Waals surface area (Å²) in [6.45, 7) is 0.418. The maximum atomic E-state index is 12.9. The molecule has 0 aliphatic carbocycles. The second kappa shape index (κ2) is 13.0. The van der Waals surface area contributed by atoms with Gasteiger partial charge >= 0.3 is 13.6 Å². The van der Waals surface area contributed by atoms with Crippen molar-refractivity contribution in [2.75, 3.05) is 21.3 Å². The van der Waals surface area contributed by atoms with Crippen molar-refractivity contribution < 1.29 is 32.7 Å². The summed E-state index contributed by atoms with van der Waals surface area (Å²) in [7, 11) is 0.705. The van der Waals surface area contributed by atoms with Crippen LogP contribution in [0.1, 0.15) is 27.0 Å². The molecule has 0 aromatic heterocycles. The highest BCUT2D eigenvalue weighted by Crippen LogP contribution is 2.49. The van der Waals surface area contributed by atoms with Crippen LogP contribution in [-0.4, -0.2) is 39.2 Å². The number of amides is 1. The number of carbonyl (C=O) groups excluding carboxylic acids is 2. The zero-order valence-corrected chi connectivity index (χ0v) is 21.4. The topological polar surface area (TPSA) is 100 Å². The first-order valence-corrected chi connectivity index (χ1v) is 13.0. The fourth-order valence-electron chi connectivity index (χ4n) is 3.50. The quantitative estimate of drug-likeness (QED) is 0.276. The largest absolute Gasteiger partial charge is 0.489 e. The molecule has 0 saturated heterocycles. The van der Waals surface area contributed by atoms with E-state index in [0.29, 0.717) is 23.5 Å². The number of esters is 1. The lowest BCUT2D eigenvalue weighted by molar-refractivity contribution is -0.142. The Balaban J connectivity index is 1.66. The Labute approximate surface area is 211 Å². The summed E-state index contributed by atoms with van der Waals surface area (Å²) < 4.78 is 33.0. The van der Waals surface area contributed by atoms with E-state index in [2.05, 4.69) is 5.32 Å². The highest BCUT2D eigenvalue weighted by Gasteiger charge is 2.24. The average molecular weight is 512 g/mol. The Kier molecular flexibility index (Phi) is 9.82. The third kappa shape index (κ3) is 7.78. The van der Waals surface area contributed by atoms with E-state index in [0.717, 1.165) is 11.1 Å². The summed E-state index contributed by atoms with van der Waals surface area (Å²) in [5.41, 5.74) is 2.88. The second-order valence-electron chi connectivity index (χ2n) is 8.01. The molecule has 3 rings (SSSR count). The second-order valence-corrected chi connectivity index (χ2v) is 10.3. The minimum absolute atomic E-state index is 0.0787. The highest BCUT2D eigenvalue weighted by molar-refractivity contribution is 7.52. The first-order chi connectivity index (χ1) is 17.4. The van der Waals surface area contributed by atoms with Gasteiger partial charge in [0.15, 0.2) is 0 Å². The highest BCUT2D eigenvalue weighted by atomic mass is 31.2. The van der Waals surface area contributed by atoms with E-state index in [1.807, 2.05) is 54.6 Å². The lowest BCUT2D eigenvalue weighted by atomic mass is 10.0. The number of methoxy groups -OCH3 is 1. The first-order valence-electron chi connectivity index (χ1n) is 11.3. The molecule has 1 N–H and O–H groups in total. The predicted molar refractivity (Wildman–Crippen MR) is 136 cm³/mol. The molecule has 0 radical (unpaired) electrons. The fraction of sp³-hybridized carbons (Fsp3) is 0.259. The van der Waals surface area contributed by atoms with Crippen LogP contribution in [0.4, 0.5) is 0 Å². The lowest BCUT2D eigenvalue weighted by Gasteiger charge is -2.18. The molecule has 1 amide bonds. The molecule has 0 spiro atoms. The number of ether oxygens (including phenoxy) is 2. The zero-order valence-electron chi connectivity index (χ0n) is 20.5. The van der Waals surface area contributed by atoms with Gasteiger partial charge in [0.1, 0.15) is 18.4 Å². The van der Waals surface area contributed by atoms with Crippen molar-refractivity contribution in [1.29, 1.82) is 0 Å². The molecule has 3 aromatic carbocycles. The van der Waals surface area contributed by atoms with Gasteiger partial charge in [-0.15, -0.1) is 0 Å². The minimum atomic E-state index is -3.22. The molecule has 8 nitrogen and oxygen atoms in total.